The van der Waals surface area contributed by atoms with Crippen LogP contribution in [0.3, 0.4) is 0 Å². The van der Waals surface area contributed by atoms with Crippen molar-refractivity contribution in [3.05, 3.63) is 63.0 Å². The zero-order valence-electron chi connectivity index (χ0n) is 9.45. The van der Waals surface area contributed by atoms with E-state index in [9.17, 15) is 10.1 Å². The molecule has 0 saturated carbocycles. The summed E-state index contributed by atoms with van der Waals surface area (Å²) in [5, 5.41) is 15.9. The van der Waals surface area contributed by atoms with Gasteiger partial charge in [0.25, 0.3) is 5.69 Å². The number of hydrogen-bond donors (Lipinski definition) is 0. The molecule has 5 heteroatoms. The molecule has 90 valence electrons. The number of rotatable bonds is 3. The van der Waals surface area contributed by atoms with Gasteiger partial charge in [0.1, 0.15) is 0 Å². The van der Waals surface area contributed by atoms with Crippen molar-refractivity contribution in [2.45, 2.75) is 6.54 Å². The number of non-ortho nitro benzene ring substituents is 1. The maximum absolute atomic E-state index is 10.8. The van der Waals surface area contributed by atoms with Gasteiger partial charge in [0.2, 0.25) is 0 Å². The quantitative estimate of drug-likeness (QED) is 0.531. The van der Waals surface area contributed by atoms with E-state index >= 15 is 0 Å². The standard InChI is InChI=1S/C13H10N2O2S/c16-15(17)12-2-1-11-3-5-14(13(11)7-12)8-10-4-6-18-9-10/h1-7,9H,8H2. The summed E-state index contributed by atoms with van der Waals surface area (Å²) in [6.07, 6.45) is 1.96. The molecule has 18 heavy (non-hydrogen) atoms. The highest BCUT2D eigenvalue weighted by atomic mass is 32.1. The van der Waals surface area contributed by atoms with Crippen molar-refractivity contribution in [1.29, 1.82) is 0 Å². The highest BCUT2D eigenvalue weighted by Gasteiger charge is 2.09. The van der Waals surface area contributed by atoms with Crippen molar-refractivity contribution in [2.24, 2.45) is 0 Å². The Morgan fingerprint density at radius 2 is 2.17 bits per heavy atom. The van der Waals surface area contributed by atoms with Crippen LogP contribution in [0.4, 0.5) is 5.69 Å². The molecule has 3 aromatic rings. The van der Waals surface area contributed by atoms with Crippen LogP contribution in [0.2, 0.25) is 0 Å². The third-order valence-corrected chi connectivity index (χ3v) is 3.63. The number of benzene rings is 1. The monoisotopic (exact) mass is 258 g/mol. The average Bonchev–Trinajstić information content (AvgIpc) is 2.99. The molecule has 1 aromatic carbocycles. The van der Waals surface area contributed by atoms with Crippen LogP contribution in [0.5, 0.6) is 0 Å². The van der Waals surface area contributed by atoms with Gasteiger partial charge in [0.15, 0.2) is 0 Å². The number of nitro groups is 1. The van der Waals surface area contributed by atoms with E-state index in [-0.39, 0.29) is 10.6 Å². The Hall–Kier alpha value is -2.14. The van der Waals surface area contributed by atoms with Crippen molar-refractivity contribution in [3.63, 3.8) is 0 Å². The Morgan fingerprint density at radius 1 is 1.28 bits per heavy atom. The zero-order valence-corrected chi connectivity index (χ0v) is 10.3. The van der Waals surface area contributed by atoms with Crippen molar-refractivity contribution in [2.75, 3.05) is 0 Å². The maximum Gasteiger partial charge on any atom is 0.271 e. The van der Waals surface area contributed by atoms with Crippen LogP contribution < -0.4 is 0 Å². The number of nitrogens with zero attached hydrogens (tertiary/aromatic N) is 2. The van der Waals surface area contributed by atoms with Crippen LogP contribution >= 0.6 is 11.3 Å². The summed E-state index contributed by atoms with van der Waals surface area (Å²) in [5.41, 5.74) is 2.24. The molecule has 0 spiro atoms. The minimum atomic E-state index is -0.360. The van der Waals surface area contributed by atoms with E-state index in [4.69, 9.17) is 0 Å². The lowest BCUT2D eigenvalue weighted by Gasteiger charge is -2.03. The lowest BCUT2D eigenvalue weighted by atomic mass is 10.2. The summed E-state index contributed by atoms with van der Waals surface area (Å²) < 4.78 is 2.03. The number of fused-ring (bicyclic) bond motifs is 1. The van der Waals surface area contributed by atoms with Gasteiger partial charge in [-0.3, -0.25) is 10.1 Å². The van der Waals surface area contributed by atoms with Crippen LogP contribution in [0.1, 0.15) is 5.56 Å². The Bertz CT molecular complexity index is 701. The van der Waals surface area contributed by atoms with Gasteiger partial charge in [0, 0.05) is 30.3 Å². The third kappa shape index (κ3) is 1.89. The number of hydrogen-bond acceptors (Lipinski definition) is 3. The van der Waals surface area contributed by atoms with Gasteiger partial charge in [-0.15, -0.1) is 0 Å². The number of nitro benzene ring substituents is 1. The zero-order chi connectivity index (χ0) is 12.5. The van der Waals surface area contributed by atoms with Gasteiger partial charge in [-0.1, -0.05) is 0 Å². The molecular formula is C13H10N2O2S. The molecule has 3 rings (SSSR count). The molecular weight excluding hydrogens is 248 g/mol. The Labute approximate surface area is 107 Å². The summed E-state index contributed by atoms with van der Waals surface area (Å²) in [7, 11) is 0. The van der Waals surface area contributed by atoms with E-state index in [1.807, 2.05) is 22.2 Å². The van der Waals surface area contributed by atoms with E-state index in [0.717, 1.165) is 17.4 Å². The minimum absolute atomic E-state index is 0.132. The van der Waals surface area contributed by atoms with Gasteiger partial charge >= 0.3 is 0 Å². The molecule has 0 aliphatic rings. The van der Waals surface area contributed by atoms with Crippen LogP contribution in [0.25, 0.3) is 10.9 Å². The molecule has 0 N–H and O–H groups in total. The van der Waals surface area contributed by atoms with Gasteiger partial charge in [0.05, 0.1) is 10.4 Å². The molecule has 0 aliphatic heterocycles. The average molecular weight is 258 g/mol. The van der Waals surface area contributed by atoms with E-state index < -0.39 is 0 Å². The Morgan fingerprint density at radius 3 is 2.89 bits per heavy atom. The molecule has 2 heterocycles. The van der Waals surface area contributed by atoms with Gasteiger partial charge in [-0.05, 0) is 34.5 Å². The summed E-state index contributed by atoms with van der Waals surface area (Å²) >= 11 is 1.65. The summed E-state index contributed by atoms with van der Waals surface area (Å²) in [5.74, 6) is 0. The van der Waals surface area contributed by atoms with Crippen LogP contribution in [-0.4, -0.2) is 9.49 Å². The Kier molecular flexibility index (Phi) is 2.60. The van der Waals surface area contributed by atoms with Gasteiger partial charge in [-0.25, -0.2) is 0 Å². The molecule has 0 fully saturated rings. The second-order valence-electron chi connectivity index (χ2n) is 4.08. The minimum Gasteiger partial charge on any atom is -0.343 e. The predicted octanol–water partition coefficient (Wildman–Crippen LogP) is 3.66. The summed E-state index contributed by atoms with van der Waals surface area (Å²) in [6, 6.07) is 9.00. The van der Waals surface area contributed by atoms with E-state index in [1.165, 1.54) is 11.6 Å². The fraction of sp³-hybridized carbons (Fsp3) is 0.0769. The van der Waals surface area contributed by atoms with Gasteiger partial charge < -0.3 is 4.57 Å². The molecule has 4 nitrogen and oxygen atoms in total. The summed E-state index contributed by atoms with van der Waals surface area (Å²) in [4.78, 5) is 10.4. The normalized spacial score (nSPS) is 10.9. The lowest BCUT2D eigenvalue weighted by molar-refractivity contribution is -0.384. The van der Waals surface area contributed by atoms with Crippen molar-refractivity contribution < 1.29 is 4.92 Å². The molecule has 0 aliphatic carbocycles. The van der Waals surface area contributed by atoms with Crippen molar-refractivity contribution in [3.8, 4) is 0 Å². The second kappa shape index (κ2) is 4.27. The van der Waals surface area contributed by atoms with Crippen LogP contribution in [0, 0.1) is 10.1 Å². The first-order valence-electron chi connectivity index (χ1n) is 5.48. The molecule has 2 aromatic heterocycles. The molecule has 0 amide bonds. The van der Waals surface area contributed by atoms with Crippen molar-refractivity contribution >= 4 is 27.9 Å². The highest BCUT2D eigenvalue weighted by molar-refractivity contribution is 7.07. The molecule has 0 unspecified atom stereocenters. The second-order valence-corrected chi connectivity index (χ2v) is 4.86. The lowest BCUT2D eigenvalue weighted by Crippen LogP contribution is -1.96. The molecule has 0 saturated heterocycles. The highest BCUT2D eigenvalue weighted by Crippen LogP contribution is 2.23. The third-order valence-electron chi connectivity index (χ3n) is 2.90. The largest absolute Gasteiger partial charge is 0.343 e. The number of aromatic nitrogens is 1. The van der Waals surface area contributed by atoms with E-state index in [1.54, 1.807) is 23.5 Å². The first kappa shape index (κ1) is 11.0. The van der Waals surface area contributed by atoms with E-state index in [2.05, 4.69) is 11.4 Å². The molecule has 0 bridgehead atoms. The molecule has 0 atom stereocenters. The molecule has 0 radical (unpaired) electrons. The fourth-order valence-electron chi connectivity index (χ4n) is 2.00. The Balaban J connectivity index is 2.06. The summed E-state index contributed by atoms with van der Waals surface area (Å²) in [6.45, 7) is 0.744. The van der Waals surface area contributed by atoms with Crippen LogP contribution in [0.15, 0.2) is 47.3 Å². The first-order chi connectivity index (χ1) is 8.74. The smallest absolute Gasteiger partial charge is 0.271 e. The predicted molar refractivity (Wildman–Crippen MR) is 72.0 cm³/mol. The van der Waals surface area contributed by atoms with Crippen molar-refractivity contribution in [1.82, 2.24) is 4.57 Å². The van der Waals surface area contributed by atoms with E-state index in [0.29, 0.717) is 0 Å². The maximum atomic E-state index is 10.8. The fourth-order valence-corrected chi connectivity index (χ4v) is 2.66. The first-order valence-corrected chi connectivity index (χ1v) is 6.43. The number of thiophene rings is 1. The van der Waals surface area contributed by atoms with Gasteiger partial charge in [-0.2, -0.15) is 11.3 Å². The SMILES string of the molecule is O=[N+]([O-])c1ccc2ccn(Cc3ccsc3)c2c1. The topological polar surface area (TPSA) is 48.1 Å². The van der Waals surface area contributed by atoms with Crippen LogP contribution in [-0.2, 0) is 6.54 Å².